The van der Waals surface area contributed by atoms with Crippen LogP contribution in [0, 0.1) is 13.8 Å². The summed E-state index contributed by atoms with van der Waals surface area (Å²) in [5.41, 5.74) is 7.20. The van der Waals surface area contributed by atoms with Gasteiger partial charge in [-0.2, -0.15) is 0 Å². The average molecular weight is 400 g/mol. The predicted molar refractivity (Wildman–Crippen MR) is 125 cm³/mol. The Morgan fingerprint density at radius 1 is 0.867 bits per heavy atom. The van der Waals surface area contributed by atoms with Gasteiger partial charge in [0.1, 0.15) is 0 Å². The quantitative estimate of drug-likeness (QED) is 0.224. The molecule has 0 saturated heterocycles. The van der Waals surface area contributed by atoms with Crippen molar-refractivity contribution in [3.8, 4) is 0 Å². The zero-order chi connectivity index (χ0) is 21.3. The molecule has 0 amide bonds. The number of anilines is 3. The lowest BCUT2D eigenvalue weighted by Crippen LogP contribution is -2.12. The minimum absolute atomic E-state index is 0.361. The third-order valence-electron chi connectivity index (χ3n) is 5.07. The Morgan fingerprint density at radius 3 is 2.00 bits per heavy atom. The fourth-order valence-electron chi connectivity index (χ4n) is 3.40. The fraction of sp³-hybridized carbons (Fsp3) is 0.222. The molecule has 154 valence electrons. The number of rotatable bonds is 9. The summed E-state index contributed by atoms with van der Waals surface area (Å²) in [5, 5.41) is 0. The smallest absolute Gasteiger partial charge is 0.330 e. The molecule has 3 aromatic rings. The highest BCUT2D eigenvalue weighted by Crippen LogP contribution is 2.37. The van der Waals surface area contributed by atoms with Crippen LogP contribution in [-0.4, -0.2) is 12.6 Å². The van der Waals surface area contributed by atoms with Crippen LogP contribution in [0.1, 0.15) is 29.5 Å². The normalized spacial score (nSPS) is 10.5. The topological polar surface area (TPSA) is 29.5 Å². The summed E-state index contributed by atoms with van der Waals surface area (Å²) < 4.78 is 5.10. The van der Waals surface area contributed by atoms with Gasteiger partial charge < -0.3 is 9.64 Å². The highest BCUT2D eigenvalue weighted by molar-refractivity contribution is 5.81. The van der Waals surface area contributed by atoms with Gasteiger partial charge in [-0.3, -0.25) is 0 Å². The van der Waals surface area contributed by atoms with E-state index in [1.807, 2.05) is 0 Å². The van der Waals surface area contributed by atoms with Crippen LogP contribution in [0.5, 0.6) is 0 Å². The number of hydrogen-bond donors (Lipinski definition) is 0. The Bertz CT molecular complexity index is 929. The number of para-hydroxylation sites is 1. The maximum absolute atomic E-state index is 11.2. The summed E-state index contributed by atoms with van der Waals surface area (Å²) in [6, 6.07) is 25.8. The van der Waals surface area contributed by atoms with Crippen LogP contribution < -0.4 is 4.90 Å². The zero-order valence-corrected chi connectivity index (χ0v) is 17.8. The van der Waals surface area contributed by atoms with Crippen molar-refractivity contribution in [2.75, 3.05) is 11.5 Å². The number of aryl methyl sites for hydroxylation is 3. The summed E-state index contributed by atoms with van der Waals surface area (Å²) in [5.74, 6) is -0.361. The number of nitrogens with zero attached hydrogens (tertiary/aromatic N) is 1. The maximum atomic E-state index is 11.2. The molecule has 0 bridgehead atoms. The van der Waals surface area contributed by atoms with E-state index in [0.717, 1.165) is 30.6 Å². The number of unbranched alkanes of at least 4 members (excludes halogenated alkanes) is 1. The van der Waals surface area contributed by atoms with Gasteiger partial charge >= 0.3 is 5.97 Å². The standard InChI is InChI=1S/C27H29NO2/c1-4-27(29)30-20-8-7-10-23-9-5-6-11-26(23)28(24-16-12-21(2)13-17-24)25-18-14-22(3)15-19-25/h4-6,9,11-19H,1,7-8,10,20H2,2-3H3. The van der Waals surface area contributed by atoms with Crippen LogP contribution in [0.15, 0.2) is 85.5 Å². The van der Waals surface area contributed by atoms with Crippen molar-refractivity contribution < 1.29 is 9.53 Å². The predicted octanol–water partition coefficient (Wildman–Crippen LogP) is 6.83. The lowest BCUT2D eigenvalue weighted by Gasteiger charge is -2.28. The van der Waals surface area contributed by atoms with Gasteiger partial charge in [0, 0.05) is 23.1 Å². The monoisotopic (exact) mass is 399 g/mol. The molecule has 0 aliphatic heterocycles. The van der Waals surface area contributed by atoms with Gasteiger partial charge in [0.05, 0.1) is 6.61 Å². The van der Waals surface area contributed by atoms with E-state index in [0.29, 0.717) is 6.61 Å². The van der Waals surface area contributed by atoms with E-state index < -0.39 is 0 Å². The minimum atomic E-state index is -0.361. The Morgan fingerprint density at radius 2 is 1.43 bits per heavy atom. The Balaban J connectivity index is 1.86. The molecule has 0 heterocycles. The Hall–Kier alpha value is -3.33. The Labute approximate surface area is 179 Å². The summed E-state index contributed by atoms with van der Waals surface area (Å²) in [7, 11) is 0. The molecule has 0 N–H and O–H groups in total. The van der Waals surface area contributed by atoms with Gasteiger partial charge in [-0.15, -0.1) is 0 Å². The molecular formula is C27H29NO2. The van der Waals surface area contributed by atoms with E-state index in [2.05, 4.69) is 98.1 Å². The van der Waals surface area contributed by atoms with E-state index in [1.165, 1.54) is 28.5 Å². The molecule has 0 radical (unpaired) electrons. The molecule has 3 nitrogen and oxygen atoms in total. The first-order valence-electron chi connectivity index (χ1n) is 10.4. The molecule has 0 aliphatic rings. The number of carbonyl (C=O) groups is 1. The van der Waals surface area contributed by atoms with Crippen LogP contribution >= 0.6 is 0 Å². The van der Waals surface area contributed by atoms with Gasteiger partial charge in [-0.1, -0.05) is 60.2 Å². The molecule has 3 heteroatoms. The number of hydrogen-bond acceptors (Lipinski definition) is 3. The summed E-state index contributed by atoms with van der Waals surface area (Å²) in [6.45, 7) is 8.06. The van der Waals surface area contributed by atoms with Gasteiger partial charge in [-0.05, 0) is 69.0 Å². The molecule has 0 unspecified atom stereocenters. The number of esters is 1. The second kappa shape index (κ2) is 10.4. The molecule has 0 saturated carbocycles. The fourth-order valence-corrected chi connectivity index (χ4v) is 3.40. The molecule has 0 fully saturated rings. The highest BCUT2D eigenvalue weighted by Gasteiger charge is 2.15. The molecule has 0 atom stereocenters. The molecule has 0 spiro atoms. The average Bonchev–Trinajstić information content (AvgIpc) is 2.77. The largest absolute Gasteiger partial charge is 0.463 e. The van der Waals surface area contributed by atoms with Crippen molar-refractivity contribution in [2.24, 2.45) is 0 Å². The van der Waals surface area contributed by atoms with Gasteiger partial charge in [-0.25, -0.2) is 4.79 Å². The first-order valence-corrected chi connectivity index (χ1v) is 10.4. The van der Waals surface area contributed by atoms with Crippen molar-refractivity contribution in [3.63, 3.8) is 0 Å². The van der Waals surface area contributed by atoms with E-state index in [4.69, 9.17) is 4.74 Å². The lowest BCUT2D eigenvalue weighted by molar-refractivity contribution is -0.137. The van der Waals surface area contributed by atoms with Crippen LogP contribution in [0.4, 0.5) is 17.1 Å². The van der Waals surface area contributed by atoms with Gasteiger partial charge in [0.25, 0.3) is 0 Å². The zero-order valence-electron chi connectivity index (χ0n) is 17.8. The van der Waals surface area contributed by atoms with E-state index in [-0.39, 0.29) is 5.97 Å². The SMILES string of the molecule is C=CC(=O)OCCCCc1ccccc1N(c1ccc(C)cc1)c1ccc(C)cc1. The molecular weight excluding hydrogens is 370 g/mol. The summed E-state index contributed by atoms with van der Waals surface area (Å²) in [4.78, 5) is 13.5. The van der Waals surface area contributed by atoms with Crippen molar-refractivity contribution >= 4 is 23.0 Å². The van der Waals surface area contributed by atoms with E-state index in [9.17, 15) is 4.79 Å². The first-order chi connectivity index (χ1) is 14.6. The number of carbonyl (C=O) groups excluding carboxylic acids is 1. The van der Waals surface area contributed by atoms with Crippen molar-refractivity contribution in [2.45, 2.75) is 33.1 Å². The van der Waals surface area contributed by atoms with Crippen LogP contribution in [0.2, 0.25) is 0 Å². The van der Waals surface area contributed by atoms with E-state index in [1.54, 1.807) is 0 Å². The second-order valence-electron chi connectivity index (χ2n) is 7.46. The minimum Gasteiger partial charge on any atom is -0.463 e. The van der Waals surface area contributed by atoms with E-state index >= 15 is 0 Å². The second-order valence-corrected chi connectivity index (χ2v) is 7.46. The highest BCUT2D eigenvalue weighted by atomic mass is 16.5. The molecule has 3 aromatic carbocycles. The Kier molecular flexibility index (Phi) is 7.45. The summed E-state index contributed by atoms with van der Waals surface area (Å²) >= 11 is 0. The van der Waals surface area contributed by atoms with Crippen molar-refractivity contribution in [3.05, 3.63) is 102 Å². The maximum Gasteiger partial charge on any atom is 0.330 e. The molecule has 0 aromatic heterocycles. The summed E-state index contributed by atoms with van der Waals surface area (Å²) in [6.07, 6.45) is 3.88. The van der Waals surface area contributed by atoms with Gasteiger partial charge in [0.15, 0.2) is 0 Å². The lowest BCUT2D eigenvalue weighted by atomic mass is 10.0. The molecule has 3 rings (SSSR count). The first kappa shape index (κ1) is 21.4. The van der Waals surface area contributed by atoms with Crippen molar-refractivity contribution in [1.82, 2.24) is 0 Å². The third-order valence-corrected chi connectivity index (χ3v) is 5.07. The third kappa shape index (κ3) is 5.60. The van der Waals surface area contributed by atoms with Crippen LogP contribution in [0.25, 0.3) is 0 Å². The number of benzene rings is 3. The molecule has 30 heavy (non-hydrogen) atoms. The van der Waals surface area contributed by atoms with Crippen LogP contribution in [0.3, 0.4) is 0 Å². The molecule has 0 aliphatic carbocycles. The van der Waals surface area contributed by atoms with Crippen LogP contribution in [-0.2, 0) is 16.0 Å². The van der Waals surface area contributed by atoms with Gasteiger partial charge in [0.2, 0.25) is 0 Å². The van der Waals surface area contributed by atoms with Crippen molar-refractivity contribution in [1.29, 1.82) is 0 Å². The number of ether oxygens (including phenoxy) is 1.